The summed E-state index contributed by atoms with van der Waals surface area (Å²) in [5.41, 5.74) is 1.89. The molecule has 18 heavy (non-hydrogen) atoms. The maximum Gasteiger partial charge on any atom is 0.232 e. The summed E-state index contributed by atoms with van der Waals surface area (Å²) in [5.74, 6) is 0.0928. The molecule has 0 heterocycles. The van der Waals surface area contributed by atoms with E-state index in [0.717, 1.165) is 12.8 Å². The van der Waals surface area contributed by atoms with Gasteiger partial charge in [-0.3, -0.25) is 4.72 Å². The monoisotopic (exact) mass is 269 g/mol. The highest BCUT2D eigenvalue weighted by Gasteiger charge is 2.20. The molecule has 1 N–H and O–H groups in total. The van der Waals surface area contributed by atoms with Gasteiger partial charge >= 0.3 is 0 Å². The van der Waals surface area contributed by atoms with Crippen LogP contribution in [-0.4, -0.2) is 14.2 Å². The maximum absolute atomic E-state index is 11.5. The first-order chi connectivity index (χ1) is 8.30. The molecule has 1 rings (SSSR count). The van der Waals surface area contributed by atoms with Gasteiger partial charge in [0.2, 0.25) is 10.0 Å². The first-order valence-electron chi connectivity index (χ1n) is 6.42. The molecule has 4 heteroatoms. The SMILES string of the molecule is CCCC(C)(C)c1cccc(NS(=O)(=O)CC)c1. The van der Waals surface area contributed by atoms with E-state index in [0.29, 0.717) is 5.69 Å². The lowest BCUT2D eigenvalue weighted by atomic mass is 9.80. The van der Waals surface area contributed by atoms with Crippen LogP contribution in [0.5, 0.6) is 0 Å². The highest BCUT2D eigenvalue weighted by molar-refractivity contribution is 7.92. The summed E-state index contributed by atoms with van der Waals surface area (Å²) >= 11 is 0. The predicted octanol–water partition coefficient (Wildman–Crippen LogP) is 3.53. The molecule has 0 spiro atoms. The average molecular weight is 269 g/mol. The van der Waals surface area contributed by atoms with E-state index >= 15 is 0 Å². The van der Waals surface area contributed by atoms with Crippen molar-refractivity contribution in [1.29, 1.82) is 0 Å². The van der Waals surface area contributed by atoms with E-state index in [9.17, 15) is 8.42 Å². The van der Waals surface area contributed by atoms with Crippen LogP contribution in [0.1, 0.15) is 46.1 Å². The van der Waals surface area contributed by atoms with Gasteiger partial charge in [-0.2, -0.15) is 0 Å². The fraction of sp³-hybridized carbons (Fsp3) is 0.571. The molecule has 0 aliphatic carbocycles. The van der Waals surface area contributed by atoms with Gasteiger partial charge < -0.3 is 0 Å². The highest BCUT2D eigenvalue weighted by atomic mass is 32.2. The van der Waals surface area contributed by atoms with Crippen molar-refractivity contribution >= 4 is 15.7 Å². The Bertz CT molecular complexity index is 492. The number of hydrogen-bond donors (Lipinski definition) is 1. The normalized spacial score (nSPS) is 12.4. The minimum absolute atomic E-state index is 0.0718. The van der Waals surface area contributed by atoms with E-state index in [1.807, 2.05) is 12.1 Å². The largest absolute Gasteiger partial charge is 0.284 e. The minimum atomic E-state index is -3.20. The molecule has 0 aliphatic heterocycles. The Labute approximate surface area is 111 Å². The molecule has 3 nitrogen and oxygen atoms in total. The van der Waals surface area contributed by atoms with Crippen molar-refractivity contribution in [2.24, 2.45) is 0 Å². The molecule has 0 radical (unpaired) electrons. The summed E-state index contributed by atoms with van der Waals surface area (Å²) in [6.07, 6.45) is 2.19. The first kappa shape index (κ1) is 15.0. The van der Waals surface area contributed by atoms with Gasteiger partial charge in [-0.25, -0.2) is 8.42 Å². The zero-order valence-electron chi connectivity index (χ0n) is 11.7. The Balaban J connectivity index is 3.00. The van der Waals surface area contributed by atoms with Crippen LogP contribution in [0.25, 0.3) is 0 Å². The number of sulfonamides is 1. The molecule has 0 aromatic heterocycles. The van der Waals surface area contributed by atoms with E-state index < -0.39 is 10.0 Å². The summed E-state index contributed by atoms with van der Waals surface area (Å²) < 4.78 is 25.7. The standard InChI is InChI=1S/C14H23NO2S/c1-5-10-14(3,4)12-8-7-9-13(11-12)15-18(16,17)6-2/h7-9,11,15H,5-6,10H2,1-4H3. The van der Waals surface area contributed by atoms with Crippen LogP contribution in [0.3, 0.4) is 0 Å². The molecule has 0 unspecified atom stereocenters. The quantitative estimate of drug-likeness (QED) is 0.858. The van der Waals surface area contributed by atoms with E-state index in [4.69, 9.17) is 0 Å². The fourth-order valence-corrected chi connectivity index (χ4v) is 2.66. The number of hydrogen-bond acceptors (Lipinski definition) is 2. The lowest BCUT2D eigenvalue weighted by Gasteiger charge is -2.25. The summed E-state index contributed by atoms with van der Waals surface area (Å²) in [4.78, 5) is 0. The molecule has 0 amide bonds. The van der Waals surface area contributed by atoms with Crippen molar-refractivity contribution in [1.82, 2.24) is 0 Å². The Hall–Kier alpha value is -1.03. The summed E-state index contributed by atoms with van der Waals surface area (Å²) in [6.45, 7) is 8.16. The lowest BCUT2D eigenvalue weighted by Crippen LogP contribution is -2.18. The van der Waals surface area contributed by atoms with Crippen molar-refractivity contribution < 1.29 is 8.42 Å². The van der Waals surface area contributed by atoms with Crippen molar-refractivity contribution in [2.75, 3.05) is 10.5 Å². The summed E-state index contributed by atoms with van der Waals surface area (Å²) in [7, 11) is -3.20. The second-order valence-electron chi connectivity index (χ2n) is 5.22. The molecule has 0 aliphatic rings. The van der Waals surface area contributed by atoms with Crippen LogP contribution in [0, 0.1) is 0 Å². The van der Waals surface area contributed by atoms with E-state index in [1.54, 1.807) is 13.0 Å². The van der Waals surface area contributed by atoms with Crippen LogP contribution >= 0.6 is 0 Å². The number of anilines is 1. The third kappa shape index (κ3) is 4.02. The van der Waals surface area contributed by atoms with Crippen LogP contribution in [0.15, 0.2) is 24.3 Å². The number of rotatable bonds is 6. The molecule has 0 saturated heterocycles. The van der Waals surface area contributed by atoms with Crippen molar-refractivity contribution in [3.05, 3.63) is 29.8 Å². The van der Waals surface area contributed by atoms with E-state index in [1.165, 1.54) is 5.56 Å². The summed E-state index contributed by atoms with van der Waals surface area (Å²) in [6, 6.07) is 7.68. The number of nitrogens with one attached hydrogen (secondary N) is 1. The van der Waals surface area contributed by atoms with Gasteiger partial charge in [-0.05, 0) is 36.5 Å². The zero-order valence-corrected chi connectivity index (χ0v) is 12.5. The highest BCUT2D eigenvalue weighted by Crippen LogP contribution is 2.30. The second-order valence-corrected chi connectivity index (χ2v) is 7.23. The Morgan fingerprint density at radius 3 is 2.44 bits per heavy atom. The van der Waals surface area contributed by atoms with Crippen molar-refractivity contribution in [2.45, 2.75) is 46.0 Å². The fourth-order valence-electron chi connectivity index (χ4n) is 2.02. The van der Waals surface area contributed by atoms with Gasteiger partial charge in [0.05, 0.1) is 5.75 Å². The molecule has 1 aromatic carbocycles. The Kier molecular flexibility index (Phi) is 4.79. The van der Waals surface area contributed by atoms with Crippen molar-refractivity contribution in [3.63, 3.8) is 0 Å². The molecule has 102 valence electrons. The molecule has 0 bridgehead atoms. The van der Waals surface area contributed by atoms with E-state index in [2.05, 4.69) is 31.6 Å². The Morgan fingerprint density at radius 1 is 1.22 bits per heavy atom. The van der Waals surface area contributed by atoms with Crippen LogP contribution < -0.4 is 4.72 Å². The topological polar surface area (TPSA) is 46.2 Å². The molecule has 0 fully saturated rings. The lowest BCUT2D eigenvalue weighted by molar-refractivity contribution is 0.473. The van der Waals surface area contributed by atoms with Gasteiger partial charge in [-0.1, -0.05) is 39.3 Å². The molecular formula is C14H23NO2S. The van der Waals surface area contributed by atoms with Crippen molar-refractivity contribution in [3.8, 4) is 0 Å². The van der Waals surface area contributed by atoms with Gasteiger partial charge in [0.15, 0.2) is 0 Å². The first-order valence-corrected chi connectivity index (χ1v) is 8.07. The Morgan fingerprint density at radius 2 is 1.89 bits per heavy atom. The number of benzene rings is 1. The van der Waals surface area contributed by atoms with E-state index in [-0.39, 0.29) is 11.2 Å². The maximum atomic E-state index is 11.5. The summed E-state index contributed by atoms with van der Waals surface area (Å²) in [5, 5.41) is 0. The van der Waals surface area contributed by atoms with Gasteiger partial charge in [0.1, 0.15) is 0 Å². The second kappa shape index (κ2) is 5.74. The average Bonchev–Trinajstić information content (AvgIpc) is 2.29. The van der Waals surface area contributed by atoms with Gasteiger partial charge in [-0.15, -0.1) is 0 Å². The van der Waals surface area contributed by atoms with Gasteiger partial charge in [0.25, 0.3) is 0 Å². The predicted molar refractivity (Wildman–Crippen MR) is 77.5 cm³/mol. The van der Waals surface area contributed by atoms with Crippen LogP contribution in [0.2, 0.25) is 0 Å². The van der Waals surface area contributed by atoms with Crippen LogP contribution in [0.4, 0.5) is 5.69 Å². The molecule has 0 saturated carbocycles. The zero-order chi connectivity index (χ0) is 13.8. The van der Waals surface area contributed by atoms with Crippen LogP contribution in [-0.2, 0) is 15.4 Å². The molecule has 0 atom stereocenters. The van der Waals surface area contributed by atoms with Gasteiger partial charge in [0, 0.05) is 5.69 Å². The third-order valence-corrected chi connectivity index (χ3v) is 4.48. The third-order valence-electron chi connectivity index (χ3n) is 3.17. The smallest absolute Gasteiger partial charge is 0.232 e. The molecular weight excluding hydrogens is 246 g/mol. The molecule has 1 aromatic rings. The minimum Gasteiger partial charge on any atom is -0.284 e.